The van der Waals surface area contributed by atoms with Crippen molar-refractivity contribution in [2.45, 2.75) is 25.9 Å². The summed E-state index contributed by atoms with van der Waals surface area (Å²) in [7, 11) is 0. The van der Waals surface area contributed by atoms with Crippen LogP contribution in [-0.2, 0) is 23.9 Å². The molecule has 0 radical (unpaired) electrons. The second-order valence-corrected chi connectivity index (χ2v) is 4.92. The average molecular weight is 338 g/mol. The van der Waals surface area contributed by atoms with Crippen LogP contribution < -0.4 is 4.74 Å². The molecule has 6 nitrogen and oxygen atoms in total. The highest BCUT2D eigenvalue weighted by Gasteiger charge is 2.22. The van der Waals surface area contributed by atoms with Crippen LogP contribution in [0.4, 0.5) is 4.39 Å². The summed E-state index contributed by atoms with van der Waals surface area (Å²) in [5.74, 6) is -2.43. The van der Waals surface area contributed by atoms with Gasteiger partial charge in [-0.1, -0.05) is 24.8 Å². The fourth-order valence-electron chi connectivity index (χ4n) is 1.53. The third-order valence-electron chi connectivity index (χ3n) is 2.75. The quantitative estimate of drug-likeness (QED) is 0.298. The van der Waals surface area contributed by atoms with E-state index in [-0.39, 0.29) is 25.0 Å². The van der Waals surface area contributed by atoms with Crippen molar-refractivity contribution in [3.63, 3.8) is 0 Å². The highest BCUT2D eigenvalue weighted by atomic mass is 19.1. The van der Waals surface area contributed by atoms with Crippen LogP contribution in [0.15, 0.2) is 42.5 Å². The van der Waals surface area contributed by atoms with E-state index in [1.54, 1.807) is 30.3 Å². The topological polar surface area (TPSA) is 78.9 Å². The molecule has 1 unspecified atom stereocenters. The molecule has 0 aliphatic rings. The van der Waals surface area contributed by atoms with Gasteiger partial charge in [-0.3, -0.25) is 0 Å². The van der Waals surface area contributed by atoms with Gasteiger partial charge in [-0.25, -0.2) is 18.8 Å². The van der Waals surface area contributed by atoms with Gasteiger partial charge in [0.2, 0.25) is 0 Å². The molecule has 0 spiro atoms. The van der Waals surface area contributed by atoms with Crippen molar-refractivity contribution < 1.29 is 33.0 Å². The van der Waals surface area contributed by atoms with Gasteiger partial charge in [-0.2, -0.15) is 0 Å². The van der Waals surface area contributed by atoms with Gasteiger partial charge < -0.3 is 14.2 Å². The maximum absolute atomic E-state index is 13.6. The first kappa shape index (κ1) is 19.3. The summed E-state index contributed by atoms with van der Waals surface area (Å²) in [6, 6.07) is 8.45. The zero-order valence-electron chi connectivity index (χ0n) is 13.3. The molecule has 0 amide bonds. The van der Waals surface area contributed by atoms with Crippen LogP contribution in [-0.4, -0.2) is 37.3 Å². The van der Waals surface area contributed by atoms with E-state index in [4.69, 9.17) is 9.47 Å². The van der Waals surface area contributed by atoms with Gasteiger partial charge in [0, 0.05) is 5.57 Å². The summed E-state index contributed by atoms with van der Waals surface area (Å²) >= 11 is 0. The molecule has 0 saturated carbocycles. The minimum atomic E-state index is -1.98. The smallest absolute Gasteiger partial charge is 0.351 e. The fourth-order valence-corrected chi connectivity index (χ4v) is 1.53. The van der Waals surface area contributed by atoms with Crippen molar-refractivity contribution in [2.24, 2.45) is 0 Å². The van der Waals surface area contributed by atoms with E-state index in [9.17, 15) is 18.8 Å². The SMILES string of the molecule is C=C(C)C(=O)OCCCC(F)C(=O)OC(=O)COc1ccccc1. The summed E-state index contributed by atoms with van der Waals surface area (Å²) < 4.78 is 27.8. The van der Waals surface area contributed by atoms with Crippen molar-refractivity contribution in [1.82, 2.24) is 0 Å². The van der Waals surface area contributed by atoms with E-state index in [0.717, 1.165) is 0 Å². The number of carbonyl (C=O) groups is 3. The molecule has 0 saturated heterocycles. The largest absolute Gasteiger partial charge is 0.482 e. The second kappa shape index (κ2) is 10.1. The summed E-state index contributed by atoms with van der Waals surface area (Å²) in [5.41, 5.74) is 0.232. The highest BCUT2D eigenvalue weighted by molar-refractivity contribution is 5.88. The molecule has 0 aromatic heterocycles. The molecule has 130 valence electrons. The number of carbonyl (C=O) groups excluding carboxylic acids is 3. The van der Waals surface area contributed by atoms with E-state index in [2.05, 4.69) is 11.3 Å². The Morgan fingerprint density at radius 2 is 1.88 bits per heavy atom. The number of alkyl halides is 1. The van der Waals surface area contributed by atoms with E-state index >= 15 is 0 Å². The Labute approximate surface area is 139 Å². The van der Waals surface area contributed by atoms with Gasteiger partial charge in [0.15, 0.2) is 12.8 Å². The minimum absolute atomic E-state index is 0.0511. The maximum Gasteiger partial charge on any atom is 0.351 e. The molecule has 0 aliphatic carbocycles. The van der Waals surface area contributed by atoms with Gasteiger partial charge in [0.05, 0.1) is 6.61 Å². The predicted molar refractivity (Wildman–Crippen MR) is 82.9 cm³/mol. The molecule has 0 fully saturated rings. The summed E-state index contributed by atoms with van der Waals surface area (Å²) in [6.45, 7) is 4.33. The van der Waals surface area contributed by atoms with Crippen LogP contribution in [0, 0.1) is 0 Å². The predicted octanol–water partition coefficient (Wildman–Crippen LogP) is 2.37. The van der Waals surface area contributed by atoms with E-state index in [1.165, 1.54) is 6.92 Å². The van der Waals surface area contributed by atoms with Crippen molar-refractivity contribution in [2.75, 3.05) is 13.2 Å². The van der Waals surface area contributed by atoms with Gasteiger partial charge >= 0.3 is 17.9 Å². The van der Waals surface area contributed by atoms with Crippen molar-refractivity contribution in [1.29, 1.82) is 0 Å². The van der Waals surface area contributed by atoms with Crippen LogP contribution >= 0.6 is 0 Å². The standard InChI is InChI=1S/C17H19FO6/c1-12(2)16(20)22-10-6-9-14(18)17(21)24-15(19)11-23-13-7-4-3-5-8-13/h3-5,7-8,14H,1,6,9-11H2,2H3. The lowest BCUT2D eigenvalue weighted by atomic mass is 10.2. The lowest BCUT2D eigenvalue weighted by Crippen LogP contribution is -2.26. The molecule has 0 bridgehead atoms. The molecule has 0 aliphatic heterocycles. The van der Waals surface area contributed by atoms with Crippen LogP contribution in [0.2, 0.25) is 0 Å². The first-order chi connectivity index (χ1) is 11.4. The Morgan fingerprint density at radius 3 is 2.50 bits per heavy atom. The molecule has 1 aromatic rings. The number of para-hydroxylation sites is 1. The molecule has 24 heavy (non-hydrogen) atoms. The maximum atomic E-state index is 13.6. The van der Waals surface area contributed by atoms with Crippen LogP contribution in [0.1, 0.15) is 19.8 Å². The summed E-state index contributed by atoms with van der Waals surface area (Å²) in [5, 5.41) is 0. The molecule has 0 N–H and O–H groups in total. The molecule has 1 rings (SSSR count). The Hall–Kier alpha value is -2.70. The van der Waals surface area contributed by atoms with Crippen molar-refractivity contribution >= 4 is 17.9 Å². The van der Waals surface area contributed by atoms with E-state index in [0.29, 0.717) is 5.75 Å². The van der Waals surface area contributed by atoms with E-state index in [1.807, 2.05) is 0 Å². The molecule has 7 heteroatoms. The number of benzene rings is 1. The lowest BCUT2D eigenvalue weighted by molar-refractivity contribution is -0.164. The third kappa shape index (κ3) is 7.53. The monoisotopic (exact) mass is 338 g/mol. The zero-order valence-corrected chi connectivity index (χ0v) is 13.3. The van der Waals surface area contributed by atoms with Gasteiger partial charge in [-0.15, -0.1) is 0 Å². The first-order valence-corrected chi connectivity index (χ1v) is 7.29. The number of hydrogen-bond donors (Lipinski definition) is 0. The van der Waals surface area contributed by atoms with Gasteiger partial charge in [0.1, 0.15) is 5.75 Å². The van der Waals surface area contributed by atoms with Crippen LogP contribution in [0.5, 0.6) is 5.75 Å². The number of ether oxygens (including phenoxy) is 3. The Bertz CT molecular complexity index is 584. The molecular formula is C17H19FO6. The lowest BCUT2D eigenvalue weighted by Gasteiger charge is -2.09. The number of rotatable bonds is 9. The Morgan fingerprint density at radius 1 is 1.21 bits per heavy atom. The van der Waals surface area contributed by atoms with Crippen molar-refractivity contribution in [3.05, 3.63) is 42.5 Å². The minimum Gasteiger partial charge on any atom is -0.482 e. The zero-order chi connectivity index (χ0) is 17.9. The normalized spacial score (nSPS) is 11.2. The Kier molecular flexibility index (Phi) is 8.18. The molecular weight excluding hydrogens is 319 g/mol. The summed E-state index contributed by atoms with van der Waals surface area (Å²) in [6.07, 6.45) is -2.09. The summed E-state index contributed by atoms with van der Waals surface area (Å²) in [4.78, 5) is 33.9. The number of halogens is 1. The van der Waals surface area contributed by atoms with Crippen LogP contribution in [0.3, 0.4) is 0 Å². The highest BCUT2D eigenvalue weighted by Crippen LogP contribution is 2.09. The first-order valence-electron chi connectivity index (χ1n) is 7.29. The number of esters is 3. The van der Waals surface area contributed by atoms with Gasteiger partial charge in [-0.05, 0) is 31.9 Å². The van der Waals surface area contributed by atoms with Gasteiger partial charge in [0.25, 0.3) is 0 Å². The molecule has 1 atom stereocenters. The molecule has 1 aromatic carbocycles. The van der Waals surface area contributed by atoms with Crippen molar-refractivity contribution in [3.8, 4) is 5.75 Å². The fraction of sp³-hybridized carbons (Fsp3) is 0.353. The third-order valence-corrected chi connectivity index (χ3v) is 2.75. The second-order valence-electron chi connectivity index (χ2n) is 4.92. The van der Waals surface area contributed by atoms with Crippen LogP contribution in [0.25, 0.3) is 0 Å². The Balaban J connectivity index is 2.22. The average Bonchev–Trinajstić information content (AvgIpc) is 2.57. The number of hydrogen-bond acceptors (Lipinski definition) is 6. The van der Waals surface area contributed by atoms with E-state index < -0.39 is 30.7 Å². The molecule has 0 heterocycles.